The number of hydrazine groups is 1. The van der Waals surface area contributed by atoms with Crippen LogP contribution in [0.25, 0.3) is 0 Å². The summed E-state index contributed by atoms with van der Waals surface area (Å²) in [6.07, 6.45) is 0. The van der Waals surface area contributed by atoms with Gasteiger partial charge in [-0.25, -0.2) is 12.8 Å². The standard InChI is InChI=1S/C15H11F3N2O4S/c16-11-5-1-9(2-6-11)13(21)19-20-14(22)10-3-7-12(8-4-10)25(23,24)15(17)18/h1-8,15H,(H,19,21)(H,20,22). The second-order valence-corrected chi connectivity index (χ2v) is 6.66. The molecule has 2 amide bonds. The number of amides is 2. The summed E-state index contributed by atoms with van der Waals surface area (Å²) in [4.78, 5) is 23.0. The zero-order valence-electron chi connectivity index (χ0n) is 12.4. The van der Waals surface area contributed by atoms with Crippen LogP contribution in [0.4, 0.5) is 13.2 Å². The molecule has 0 aliphatic carbocycles. The minimum Gasteiger partial charge on any atom is -0.267 e. The number of carbonyl (C=O) groups excluding carboxylic acids is 2. The number of halogens is 3. The molecule has 2 aromatic carbocycles. The maximum absolute atomic E-state index is 12.8. The number of hydrogen-bond donors (Lipinski definition) is 2. The van der Waals surface area contributed by atoms with Crippen molar-refractivity contribution in [2.24, 2.45) is 0 Å². The first-order chi connectivity index (χ1) is 11.7. The Hall–Kier alpha value is -2.88. The Balaban J connectivity index is 2.01. The fourth-order valence-corrected chi connectivity index (χ4v) is 2.48. The van der Waals surface area contributed by atoms with E-state index in [9.17, 15) is 31.2 Å². The summed E-state index contributed by atoms with van der Waals surface area (Å²) in [5.41, 5.74) is 4.18. The molecular weight excluding hydrogens is 361 g/mol. The lowest BCUT2D eigenvalue weighted by molar-refractivity contribution is 0.0846. The van der Waals surface area contributed by atoms with Crippen LogP contribution >= 0.6 is 0 Å². The van der Waals surface area contributed by atoms with Crippen molar-refractivity contribution in [3.05, 3.63) is 65.5 Å². The smallest absolute Gasteiger partial charge is 0.267 e. The van der Waals surface area contributed by atoms with Crippen LogP contribution in [0.5, 0.6) is 0 Å². The average molecular weight is 372 g/mol. The highest BCUT2D eigenvalue weighted by molar-refractivity contribution is 7.91. The first-order valence-electron chi connectivity index (χ1n) is 6.70. The highest BCUT2D eigenvalue weighted by atomic mass is 32.2. The molecule has 0 aromatic heterocycles. The number of nitrogens with one attached hydrogen (secondary N) is 2. The molecule has 0 saturated carbocycles. The van der Waals surface area contributed by atoms with Crippen LogP contribution < -0.4 is 10.9 Å². The maximum Gasteiger partial charge on any atom is 0.341 e. The van der Waals surface area contributed by atoms with Crippen LogP contribution in [0.2, 0.25) is 0 Å². The quantitative estimate of drug-likeness (QED) is 0.802. The monoisotopic (exact) mass is 372 g/mol. The zero-order chi connectivity index (χ0) is 18.6. The number of benzene rings is 2. The molecule has 10 heteroatoms. The molecule has 0 atom stereocenters. The Morgan fingerprint density at radius 2 is 1.20 bits per heavy atom. The number of sulfone groups is 1. The first kappa shape index (κ1) is 18.5. The molecule has 0 aliphatic heterocycles. The molecule has 0 spiro atoms. The van der Waals surface area contributed by atoms with Gasteiger partial charge in [-0.1, -0.05) is 0 Å². The predicted octanol–water partition coefficient (Wildman–Crippen LogP) is 1.90. The third kappa shape index (κ3) is 4.35. The third-order valence-corrected chi connectivity index (χ3v) is 4.47. The van der Waals surface area contributed by atoms with Crippen LogP contribution in [0.1, 0.15) is 20.7 Å². The van der Waals surface area contributed by atoms with E-state index in [2.05, 4.69) is 10.9 Å². The topological polar surface area (TPSA) is 92.3 Å². The predicted molar refractivity (Wildman–Crippen MR) is 81.0 cm³/mol. The van der Waals surface area contributed by atoms with Crippen molar-refractivity contribution in [2.75, 3.05) is 0 Å². The molecule has 0 aliphatic rings. The van der Waals surface area contributed by atoms with Crippen LogP contribution in [-0.2, 0) is 9.84 Å². The Morgan fingerprint density at radius 3 is 1.60 bits per heavy atom. The van der Waals surface area contributed by atoms with Crippen molar-refractivity contribution in [1.29, 1.82) is 0 Å². The molecule has 25 heavy (non-hydrogen) atoms. The van der Waals surface area contributed by atoms with E-state index in [1.54, 1.807) is 0 Å². The lowest BCUT2D eigenvalue weighted by Crippen LogP contribution is -2.41. The molecule has 2 N–H and O–H groups in total. The van der Waals surface area contributed by atoms with Gasteiger partial charge in [0, 0.05) is 11.1 Å². The van der Waals surface area contributed by atoms with Gasteiger partial charge in [0.05, 0.1) is 4.90 Å². The van der Waals surface area contributed by atoms with Gasteiger partial charge < -0.3 is 0 Å². The SMILES string of the molecule is O=C(NNC(=O)c1ccc(S(=O)(=O)C(F)F)cc1)c1ccc(F)cc1. The van der Waals surface area contributed by atoms with E-state index < -0.39 is 38.1 Å². The van der Waals surface area contributed by atoms with Gasteiger partial charge in [-0.2, -0.15) is 8.78 Å². The molecule has 132 valence electrons. The van der Waals surface area contributed by atoms with Crippen molar-refractivity contribution in [3.8, 4) is 0 Å². The lowest BCUT2D eigenvalue weighted by atomic mass is 10.2. The van der Waals surface area contributed by atoms with E-state index in [1.807, 2.05) is 0 Å². The normalized spacial score (nSPS) is 11.2. The molecule has 0 bridgehead atoms. The number of alkyl halides is 2. The van der Waals surface area contributed by atoms with Crippen LogP contribution in [0.15, 0.2) is 53.4 Å². The molecule has 0 unspecified atom stereocenters. The van der Waals surface area contributed by atoms with Crippen molar-refractivity contribution >= 4 is 21.7 Å². The summed E-state index contributed by atoms with van der Waals surface area (Å²) in [6.45, 7) is 0. The fraction of sp³-hybridized carbons (Fsp3) is 0.0667. The Bertz CT molecular complexity index is 882. The Morgan fingerprint density at radius 1 is 0.800 bits per heavy atom. The summed E-state index contributed by atoms with van der Waals surface area (Å²) >= 11 is 0. The highest BCUT2D eigenvalue weighted by Crippen LogP contribution is 2.18. The van der Waals surface area contributed by atoms with Gasteiger partial charge in [0.25, 0.3) is 11.8 Å². The molecule has 6 nitrogen and oxygen atoms in total. The van der Waals surface area contributed by atoms with Crippen molar-refractivity contribution in [2.45, 2.75) is 10.7 Å². The van der Waals surface area contributed by atoms with E-state index in [1.165, 1.54) is 12.1 Å². The first-order valence-corrected chi connectivity index (χ1v) is 8.25. The molecule has 2 rings (SSSR count). The van der Waals surface area contributed by atoms with Gasteiger partial charge in [-0.15, -0.1) is 0 Å². The third-order valence-electron chi connectivity index (χ3n) is 3.08. The number of hydrogen-bond acceptors (Lipinski definition) is 4. The van der Waals surface area contributed by atoms with Crippen molar-refractivity contribution < 1.29 is 31.2 Å². The van der Waals surface area contributed by atoms with Crippen LogP contribution in [-0.4, -0.2) is 26.0 Å². The van der Waals surface area contributed by atoms with Gasteiger partial charge in [-0.05, 0) is 48.5 Å². The fourth-order valence-electron chi connectivity index (χ4n) is 1.76. The highest BCUT2D eigenvalue weighted by Gasteiger charge is 2.26. The molecule has 2 aromatic rings. The van der Waals surface area contributed by atoms with Gasteiger partial charge in [0.1, 0.15) is 5.82 Å². The maximum atomic E-state index is 12.8. The molecule has 0 heterocycles. The molecular formula is C15H11F3N2O4S. The van der Waals surface area contributed by atoms with E-state index in [4.69, 9.17) is 0 Å². The Kier molecular flexibility index (Phi) is 5.42. The number of rotatable bonds is 4. The van der Waals surface area contributed by atoms with E-state index >= 15 is 0 Å². The zero-order valence-corrected chi connectivity index (χ0v) is 13.2. The van der Waals surface area contributed by atoms with Crippen LogP contribution in [0, 0.1) is 5.82 Å². The Labute approximate surface area is 140 Å². The van der Waals surface area contributed by atoms with Crippen molar-refractivity contribution in [1.82, 2.24) is 10.9 Å². The van der Waals surface area contributed by atoms with Gasteiger partial charge in [0.15, 0.2) is 0 Å². The van der Waals surface area contributed by atoms with Crippen LogP contribution in [0.3, 0.4) is 0 Å². The summed E-state index contributed by atoms with van der Waals surface area (Å²) in [7, 11) is -4.75. The second kappa shape index (κ2) is 7.34. The summed E-state index contributed by atoms with van der Waals surface area (Å²) in [6, 6.07) is 8.32. The minimum absolute atomic E-state index is 0.0624. The largest absolute Gasteiger partial charge is 0.341 e. The molecule has 0 fully saturated rings. The second-order valence-electron chi connectivity index (χ2n) is 4.75. The van der Waals surface area contributed by atoms with E-state index in [0.29, 0.717) is 0 Å². The van der Waals surface area contributed by atoms with Gasteiger partial charge in [-0.3, -0.25) is 20.4 Å². The minimum atomic E-state index is -4.75. The summed E-state index contributed by atoms with van der Waals surface area (Å²) < 4.78 is 60.1. The molecule has 0 radical (unpaired) electrons. The average Bonchev–Trinajstić information content (AvgIpc) is 2.60. The summed E-state index contributed by atoms with van der Waals surface area (Å²) in [5, 5.41) is 0. The summed E-state index contributed by atoms with van der Waals surface area (Å²) in [5.74, 6) is -5.59. The number of carbonyl (C=O) groups is 2. The lowest BCUT2D eigenvalue weighted by Gasteiger charge is -2.08. The van der Waals surface area contributed by atoms with Gasteiger partial charge in [0.2, 0.25) is 9.84 Å². The van der Waals surface area contributed by atoms with E-state index in [-0.39, 0.29) is 11.1 Å². The van der Waals surface area contributed by atoms with Crippen molar-refractivity contribution in [3.63, 3.8) is 0 Å². The molecule has 0 saturated heterocycles. The van der Waals surface area contributed by atoms with E-state index in [0.717, 1.165) is 36.4 Å². The van der Waals surface area contributed by atoms with Gasteiger partial charge >= 0.3 is 5.76 Å².